The molecule has 0 bridgehead atoms. The van der Waals surface area contributed by atoms with Crippen molar-refractivity contribution >= 4 is 22.4 Å². The molecule has 3 nitrogen and oxygen atoms in total. The lowest BCUT2D eigenvalue weighted by molar-refractivity contribution is -0.113. The molecule has 0 spiro atoms. The molecule has 0 atom stereocenters. The summed E-state index contributed by atoms with van der Waals surface area (Å²) in [5.41, 5.74) is 1.58. The van der Waals surface area contributed by atoms with Gasteiger partial charge in [0.2, 0.25) is 0 Å². The molecule has 0 aliphatic carbocycles. The highest BCUT2D eigenvalue weighted by molar-refractivity contribution is 6.10. The Labute approximate surface area is 129 Å². The standard InChI is InChI=1S/C19H15NO2/c1-2-20(19(21)11-10-15-12-13-22-14-15)18-9-5-7-16-6-3-4-8-17(16)18/h3-9,12-14H,2H2,1H3. The zero-order valence-electron chi connectivity index (χ0n) is 12.2. The summed E-state index contributed by atoms with van der Waals surface area (Å²) in [6, 6.07) is 15.7. The van der Waals surface area contributed by atoms with Gasteiger partial charge < -0.3 is 9.32 Å². The van der Waals surface area contributed by atoms with E-state index >= 15 is 0 Å². The molecular weight excluding hydrogens is 274 g/mol. The van der Waals surface area contributed by atoms with Crippen molar-refractivity contribution in [3.63, 3.8) is 0 Å². The molecule has 108 valence electrons. The minimum absolute atomic E-state index is 0.222. The lowest BCUT2D eigenvalue weighted by atomic mass is 10.1. The zero-order chi connectivity index (χ0) is 15.4. The van der Waals surface area contributed by atoms with Gasteiger partial charge in [0.05, 0.1) is 17.5 Å². The third kappa shape index (κ3) is 2.72. The first-order chi connectivity index (χ1) is 10.8. The quantitative estimate of drug-likeness (QED) is 0.672. The van der Waals surface area contributed by atoms with Gasteiger partial charge in [-0.1, -0.05) is 42.3 Å². The van der Waals surface area contributed by atoms with Gasteiger partial charge in [0, 0.05) is 17.9 Å². The molecule has 3 aromatic rings. The maximum absolute atomic E-state index is 12.4. The molecule has 22 heavy (non-hydrogen) atoms. The molecule has 1 aromatic heterocycles. The van der Waals surface area contributed by atoms with Crippen LogP contribution in [0.3, 0.4) is 0 Å². The van der Waals surface area contributed by atoms with Gasteiger partial charge >= 0.3 is 5.91 Å². The monoisotopic (exact) mass is 289 g/mol. The predicted molar refractivity (Wildman–Crippen MR) is 87.6 cm³/mol. The van der Waals surface area contributed by atoms with Crippen LogP contribution in [0.15, 0.2) is 65.5 Å². The Hall–Kier alpha value is -2.99. The molecule has 0 saturated heterocycles. The number of nitrogens with zero attached hydrogens (tertiary/aromatic N) is 1. The first kappa shape index (κ1) is 14.0. The fraction of sp³-hybridized carbons (Fsp3) is 0.105. The van der Waals surface area contributed by atoms with Crippen LogP contribution in [0.5, 0.6) is 0 Å². The van der Waals surface area contributed by atoms with E-state index in [1.165, 1.54) is 12.5 Å². The fourth-order valence-electron chi connectivity index (χ4n) is 2.40. The Morgan fingerprint density at radius 3 is 2.73 bits per heavy atom. The summed E-state index contributed by atoms with van der Waals surface area (Å²) in [7, 11) is 0. The van der Waals surface area contributed by atoms with Crippen molar-refractivity contribution < 1.29 is 9.21 Å². The lowest BCUT2D eigenvalue weighted by Gasteiger charge is -2.20. The summed E-state index contributed by atoms with van der Waals surface area (Å²) in [5, 5.41) is 2.15. The summed E-state index contributed by atoms with van der Waals surface area (Å²) >= 11 is 0. The Kier molecular flexibility index (Phi) is 3.93. The maximum atomic E-state index is 12.4. The van der Waals surface area contributed by atoms with E-state index in [1.807, 2.05) is 49.4 Å². The summed E-state index contributed by atoms with van der Waals surface area (Å²) < 4.78 is 4.95. The topological polar surface area (TPSA) is 33.5 Å². The lowest BCUT2D eigenvalue weighted by Crippen LogP contribution is -2.29. The van der Waals surface area contributed by atoms with E-state index in [9.17, 15) is 4.79 Å². The van der Waals surface area contributed by atoms with Crippen LogP contribution in [-0.4, -0.2) is 12.5 Å². The smallest absolute Gasteiger partial charge is 0.303 e. The summed E-state index contributed by atoms with van der Waals surface area (Å²) in [6.45, 7) is 2.51. The first-order valence-electron chi connectivity index (χ1n) is 7.13. The average Bonchev–Trinajstić information content (AvgIpc) is 3.07. The number of anilines is 1. The molecular formula is C19H15NO2. The van der Waals surface area contributed by atoms with Gasteiger partial charge in [-0.3, -0.25) is 4.79 Å². The number of hydrogen-bond donors (Lipinski definition) is 0. The summed E-state index contributed by atoms with van der Waals surface area (Å²) in [6.07, 6.45) is 3.06. The number of amides is 1. The highest BCUT2D eigenvalue weighted by Crippen LogP contribution is 2.26. The van der Waals surface area contributed by atoms with E-state index in [4.69, 9.17) is 4.42 Å². The number of rotatable bonds is 2. The number of furan rings is 1. The van der Waals surface area contributed by atoms with E-state index in [-0.39, 0.29) is 5.91 Å². The summed E-state index contributed by atoms with van der Waals surface area (Å²) in [5.74, 6) is 5.28. The second-order valence-electron chi connectivity index (χ2n) is 4.81. The normalized spacial score (nSPS) is 10.0. The van der Waals surface area contributed by atoms with E-state index < -0.39 is 0 Å². The highest BCUT2D eigenvalue weighted by Gasteiger charge is 2.14. The summed E-state index contributed by atoms with van der Waals surface area (Å²) in [4.78, 5) is 14.1. The first-order valence-corrected chi connectivity index (χ1v) is 7.13. The SMILES string of the molecule is CCN(C(=O)C#Cc1ccoc1)c1cccc2ccccc12. The van der Waals surface area contributed by atoms with E-state index in [2.05, 4.69) is 11.8 Å². The van der Waals surface area contributed by atoms with Gasteiger partial charge in [-0.15, -0.1) is 0 Å². The van der Waals surface area contributed by atoms with Crippen molar-refractivity contribution in [3.05, 3.63) is 66.6 Å². The fourth-order valence-corrected chi connectivity index (χ4v) is 2.40. The number of carbonyl (C=O) groups excluding carboxylic acids is 1. The third-order valence-corrected chi connectivity index (χ3v) is 3.45. The molecule has 1 amide bonds. The second kappa shape index (κ2) is 6.19. The molecule has 0 fully saturated rings. The highest BCUT2D eigenvalue weighted by atomic mass is 16.3. The van der Waals surface area contributed by atoms with Crippen molar-refractivity contribution in [2.45, 2.75) is 6.92 Å². The molecule has 1 heterocycles. The van der Waals surface area contributed by atoms with Gasteiger partial charge in [0.15, 0.2) is 0 Å². The zero-order valence-corrected chi connectivity index (χ0v) is 12.2. The molecule has 0 N–H and O–H groups in total. The van der Waals surface area contributed by atoms with Gasteiger partial charge in [0.25, 0.3) is 0 Å². The minimum Gasteiger partial charge on any atom is -0.471 e. The van der Waals surface area contributed by atoms with Crippen molar-refractivity contribution in [2.75, 3.05) is 11.4 Å². The predicted octanol–water partition coefficient (Wildman–Crippen LogP) is 3.84. The van der Waals surface area contributed by atoms with Crippen LogP contribution in [-0.2, 0) is 4.79 Å². The molecule has 0 aliphatic rings. The van der Waals surface area contributed by atoms with E-state index in [0.717, 1.165) is 16.5 Å². The van der Waals surface area contributed by atoms with Crippen LogP contribution in [0.4, 0.5) is 5.69 Å². The number of hydrogen-bond acceptors (Lipinski definition) is 2. The van der Waals surface area contributed by atoms with Gasteiger partial charge in [-0.05, 0) is 24.4 Å². The number of fused-ring (bicyclic) bond motifs is 1. The number of carbonyl (C=O) groups is 1. The molecule has 2 aromatic carbocycles. The molecule has 0 aliphatic heterocycles. The van der Waals surface area contributed by atoms with E-state index in [1.54, 1.807) is 11.0 Å². The van der Waals surface area contributed by atoms with Crippen molar-refractivity contribution in [2.24, 2.45) is 0 Å². The Bertz CT molecular complexity index is 849. The number of benzene rings is 2. The van der Waals surface area contributed by atoms with Crippen LogP contribution in [0.2, 0.25) is 0 Å². The molecule has 3 rings (SSSR count). The van der Waals surface area contributed by atoms with Gasteiger partial charge in [-0.25, -0.2) is 0 Å². The molecule has 0 radical (unpaired) electrons. The largest absolute Gasteiger partial charge is 0.471 e. The van der Waals surface area contributed by atoms with Crippen LogP contribution >= 0.6 is 0 Å². The van der Waals surface area contributed by atoms with Crippen LogP contribution in [0.1, 0.15) is 12.5 Å². The van der Waals surface area contributed by atoms with Crippen molar-refractivity contribution in [1.29, 1.82) is 0 Å². The average molecular weight is 289 g/mol. The third-order valence-electron chi connectivity index (χ3n) is 3.45. The van der Waals surface area contributed by atoms with Crippen LogP contribution in [0.25, 0.3) is 10.8 Å². The Balaban J connectivity index is 1.98. The van der Waals surface area contributed by atoms with Crippen LogP contribution in [0, 0.1) is 11.8 Å². The molecule has 3 heteroatoms. The maximum Gasteiger partial charge on any atom is 0.303 e. The van der Waals surface area contributed by atoms with Gasteiger partial charge in [0.1, 0.15) is 6.26 Å². The Morgan fingerprint density at radius 1 is 1.14 bits per heavy atom. The van der Waals surface area contributed by atoms with Crippen molar-refractivity contribution in [3.8, 4) is 11.8 Å². The second-order valence-corrected chi connectivity index (χ2v) is 4.81. The minimum atomic E-state index is -0.222. The van der Waals surface area contributed by atoms with Gasteiger partial charge in [-0.2, -0.15) is 0 Å². The molecule has 0 unspecified atom stereocenters. The Morgan fingerprint density at radius 2 is 1.95 bits per heavy atom. The molecule has 0 saturated carbocycles. The van der Waals surface area contributed by atoms with Crippen molar-refractivity contribution in [1.82, 2.24) is 0 Å². The van der Waals surface area contributed by atoms with E-state index in [0.29, 0.717) is 12.1 Å². The van der Waals surface area contributed by atoms with Crippen LogP contribution < -0.4 is 4.90 Å².